The number of Topliss-reactive ketones (excluding diaryl/α,β-unsaturated/α-hetero) is 1. The monoisotopic (exact) mass is 206 g/mol. The molecule has 0 aromatic heterocycles. The molecule has 0 aliphatic carbocycles. The number of nitriles is 1. The van der Waals surface area contributed by atoms with Crippen LogP contribution in [0.3, 0.4) is 0 Å². The lowest BCUT2D eigenvalue weighted by atomic mass is 9.95. The molecule has 2 atom stereocenters. The zero-order valence-electron chi connectivity index (χ0n) is 8.10. The van der Waals surface area contributed by atoms with Crippen LogP contribution in [0.4, 0.5) is 5.69 Å². The zero-order chi connectivity index (χ0) is 11.4. The third-order valence-corrected chi connectivity index (χ3v) is 2.04. The molecule has 0 saturated heterocycles. The van der Waals surface area contributed by atoms with Gasteiger partial charge in [-0.15, -0.1) is 0 Å². The number of quaternary nitrogens is 1. The van der Waals surface area contributed by atoms with Gasteiger partial charge in [-0.3, -0.25) is 4.79 Å². The highest BCUT2D eigenvalue weighted by Crippen LogP contribution is 2.21. The first-order valence-corrected chi connectivity index (χ1v) is 4.30. The van der Waals surface area contributed by atoms with E-state index in [0.29, 0.717) is 0 Å². The van der Waals surface area contributed by atoms with E-state index in [2.05, 4.69) is 0 Å². The summed E-state index contributed by atoms with van der Waals surface area (Å²) in [5, 5.41) is 27.4. The number of nitrogens with one attached hydrogen (secondary N) is 1. The third-order valence-electron chi connectivity index (χ3n) is 2.04. The lowest BCUT2D eigenvalue weighted by Gasteiger charge is -2.16. The number of nitrogens with zero attached hydrogens (tertiary/aromatic N) is 1. The van der Waals surface area contributed by atoms with Gasteiger partial charge in [-0.1, -0.05) is 18.2 Å². The molecule has 0 fully saturated rings. The summed E-state index contributed by atoms with van der Waals surface area (Å²) in [6, 6.07) is 7.83. The summed E-state index contributed by atoms with van der Waals surface area (Å²) in [4.78, 5) is 11.1. The maximum Gasteiger partial charge on any atom is 0.168 e. The summed E-state index contributed by atoms with van der Waals surface area (Å²) in [6.07, 6.45) is 0. The molecule has 1 unspecified atom stereocenters. The van der Waals surface area contributed by atoms with Crippen molar-refractivity contribution < 1.29 is 15.2 Å². The number of hydrogen-bond acceptors (Lipinski definition) is 4. The first kappa shape index (κ1) is 11.3. The van der Waals surface area contributed by atoms with Crippen LogP contribution >= 0.6 is 0 Å². The Morgan fingerprint density at radius 3 is 2.67 bits per heavy atom. The van der Waals surface area contributed by atoms with E-state index >= 15 is 0 Å². The Balaban J connectivity index is 3.24. The van der Waals surface area contributed by atoms with Crippen molar-refractivity contribution in [3.8, 4) is 6.07 Å². The molecule has 2 N–H and O–H groups in total. The van der Waals surface area contributed by atoms with Crippen LogP contribution in [-0.4, -0.2) is 11.0 Å². The zero-order valence-corrected chi connectivity index (χ0v) is 8.10. The Hall–Kier alpha value is -1.74. The Bertz CT molecular complexity index is 409. The number of carbonyl (C=O) groups is 1. The number of benzene rings is 1. The maximum absolute atomic E-state index is 11.1. The molecule has 0 radical (unpaired) electrons. The standard InChI is InChI=1S/C10H10N2O3/c1-7(13)9(6-11)8-4-2-3-5-10(8)12(14)15/h2-5,9,12,14H,1H3/t9-/m0/s1. The lowest BCUT2D eigenvalue weighted by molar-refractivity contribution is -0.991. The van der Waals surface area contributed by atoms with Crippen LogP contribution in [-0.2, 0) is 4.79 Å². The van der Waals surface area contributed by atoms with E-state index in [9.17, 15) is 10.0 Å². The van der Waals surface area contributed by atoms with Gasteiger partial charge < -0.3 is 5.21 Å². The highest BCUT2D eigenvalue weighted by molar-refractivity contribution is 5.87. The van der Waals surface area contributed by atoms with Gasteiger partial charge in [0.25, 0.3) is 0 Å². The van der Waals surface area contributed by atoms with Crippen LogP contribution in [0.15, 0.2) is 24.3 Å². The molecule has 0 spiro atoms. The predicted octanol–water partition coefficient (Wildman–Crippen LogP) is 0.286. The molecule has 1 rings (SSSR count). The van der Waals surface area contributed by atoms with Crippen molar-refractivity contribution in [1.82, 2.24) is 0 Å². The number of carbonyl (C=O) groups excluding carboxylic acids is 1. The Labute approximate surface area is 86.7 Å². The summed E-state index contributed by atoms with van der Waals surface area (Å²) >= 11 is 0. The second-order valence-electron chi connectivity index (χ2n) is 3.07. The second-order valence-corrected chi connectivity index (χ2v) is 3.07. The normalized spacial score (nSPS) is 14.0. The van der Waals surface area contributed by atoms with Gasteiger partial charge in [0.1, 0.15) is 5.92 Å². The quantitative estimate of drug-likeness (QED) is 0.695. The van der Waals surface area contributed by atoms with Crippen LogP contribution in [0, 0.1) is 16.5 Å². The van der Waals surface area contributed by atoms with Crippen molar-refractivity contribution in [2.24, 2.45) is 0 Å². The summed E-state index contributed by atoms with van der Waals surface area (Å²) in [7, 11) is 0. The van der Waals surface area contributed by atoms with Gasteiger partial charge in [-0.25, -0.2) is 5.21 Å². The molecule has 0 bridgehead atoms. The molecule has 1 aromatic carbocycles. The summed E-state index contributed by atoms with van der Waals surface area (Å²) in [6.45, 7) is 1.27. The SMILES string of the molecule is CC(=O)[C@H](C#N)c1ccccc1[NH+]([O-])O. The number of ketones is 1. The molecule has 15 heavy (non-hydrogen) atoms. The summed E-state index contributed by atoms with van der Waals surface area (Å²) < 4.78 is 0. The highest BCUT2D eigenvalue weighted by Gasteiger charge is 2.22. The predicted molar refractivity (Wildman–Crippen MR) is 51.3 cm³/mol. The van der Waals surface area contributed by atoms with E-state index in [1.165, 1.54) is 19.1 Å². The van der Waals surface area contributed by atoms with E-state index < -0.39 is 11.1 Å². The van der Waals surface area contributed by atoms with Gasteiger partial charge >= 0.3 is 0 Å². The fourth-order valence-electron chi connectivity index (χ4n) is 1.32. The molecule has 0 aliphatic heterocycles. The first-order valence-electron chi connectivity index (χ1n) is 4.30. The van der Waals surface area contributed by atoms with Crippen molar-refractivity contribution in [2.75, 3.05) is 0 Å². The van der Waals surface area contributed by atoms with Crippen LogP contribution in [0.5, 0.6) is 0 Å². The lowest BCUT2D eigenvalue weighted by Crippen LogP contribution is -2.99. The van der Waals surface area contributed by atoms with E-state index in [-0.39, 0.29) is 17.0 Å². The molecule has 78 valence electrons. The van der Waals surface area contributed by atoms with Gasteiger partial charge in [0, 0.05) is 11.6 Å². The topological polar surface area (TPSA) is 88.6 Å². The van der Waals surface area contributed by atoms with E-state index in [1.807, 2.05) is 0 Å². The molecular weight excluding hydrogens is 196 g/mol. The number of para-hydroxylation sites is 1. The van der Waals surface area contributed by atoms with Crippen LogP contribution in [0.2, 0.25) is 0 Å². The second kappa shape index (κ2) is 4.66. The van der Waals surface area contributed by atoms with Crippen LogP contribution < -0.4 is 5.23 Å². The number of rotatable bonds is 3. The largest absolute Gasteiger partial charge is 0.595 e. The smallest absolute Gasteiger partial charge is 0.168 e. The molecule has 0 heterocycles. The minimum absolute atomic E-state index is 0.000694. The molecule has 1 aromatic rings. The molecule has 5 nitrogen and oxygen atoms in total. The van der Waals surface area contributed by atoms with Crippen molar-refractivity contribution in [2.45, 2.75) is 12.8 Å². The maximum atomic E-state index is 11.1. The number of hydrogen-bond donors (Lipinski definition) is 2. The van der Waals surface area contributed by atoms with Crippen molar-refractivity contribution in [3.05, 3.63) is 35.0 Å². The summed E-state index contributed by atoms with van der Waals surface area (Å²) in [5.41, 5.74) is 0.249. The Morgan fingerprint density at radius 1 is 1.60 bits per heavy atom. The minimum Gasteiger partial charge on any atom is -0.595 e. The van der Waals surface area contributed by atoms with E-state index in [0.717, 1.165) is 0 Å². The van der Waals surface area contributed by atoms with Crippen LogP contribution in [0.25, 0.3) is 0 Å². The van der Waals surface area contributed by atoms with Gasteiger partial charge in [0.2, 0.25) is 0 Å². The third kappa shape index (κ3) is 2.39. The minimum atomic E-state index is -1.13. The molecule has 0 saturated carbocycles. The van der Waals surface area contributed by atoms with Gasteiger partial charge in [-0.05, 0) is 6.92 Å². The highest BCUT2D eigenvalue weighted by atomic mass is 16.8. The Morgan fingerprint density at radius 2 is 2.20 bits per heavy atom. The molecule has 0 amide bonds. The summed E-state index contributed by atoms with van der Waals surface area (Å²) in [5.74, 6) is -1.36. The van der Waals surface area contributed by atoms with E-state index in [4.69, 9.17) is 10.5 Å². The average molecular weight is 206 g/mol. The first-order chi connectivity index (χ1) is 7.07. The molecule has 5 heteroatoms. The van der Waals surface area contributed by atoms with Gasteiger partial charge in [-0.2, -0.15) is 10.5 Å². The van der Waals surface area contributed by atoms with Gasteiger partial charge in [0.05, 0.1) is 6.07 Å². The average Bonchev–Trinajstić information content (AvgIpc) is 2.18. The van der Waals surface area contributed by atoms with Crippen LogP contribution in [0.1, 0.15) is 18.4 Å². The van der Waals surface area contributed by atoms with Crippen molar-refractivity contribution in [3.63, 3.8) is 0 Å². The fourth-order valence-corrected chi connectivity index (χ4v) is 1.32. The van der Waals surface area contributed by atoms with Crippen molar-refractivity contribution >= 4 is 11.5 Å². The fraction of sp³-hybridized carbons (Fsp3) is 0.200. The molecular formula is C10H10N2O3. The Kier molecular flexibility index (Phi) is 3.52. The van der Waals surface area contributed by atoms with E-state index in [1.54, 1.807) is 18.2 Å². The molecule has 0 aliphatic rings. The van der Waals surface area contributed by atoms with Crippen molar-refractivity contribution in [1.29, 1.82) is 5.26 Å². The van der Waals surface area contributed by atoms with Gasteiger partial charge in [0.15, 0.2) is 11.5 Å².